The van der Waals surface area contributed by atoms with Gasteiger partial charge in [-0.1, -0.05) is 201 Å². The standard InChI is InChI=1S/C71H133N8O18PS/c1-4-6-8-10-12-14-16-18-20-22-24-26-28-30-32-39-66(85)94-53-58(97-67(86)40-33-31-29-27-25-23-21-19-17-15-13-11-9-7-5-2)54-96-98(91,92)95-48-46-76-64(82)43-47-93-49-50-99-55-59(73)69(88)79-61(38-36-45-77-71(74)75)63(81)52-57(41-42-65(83)84)68(87)78-60(37-34-35-44-72)62(80)51-56(3)70(89)90/h56-61H,4-55,72-73H2,1-3H3,(H,76,82)(H,78,87)(H,79,88)(H,83,84)(H,89,90)(H,91,92)(H4,74,75,77). The van der Waals surface area contributed by atoms with E-state index in [1.807, 2.05) is 0 Å². The van der Waals surface area contributed by atoms with Gasteiger partial charge in [0, 0.05) is 69.0 Å². The van der Waals surface area contributed by atoms with Crippen molar-refractivity contribution >= 4 is 78.7 Å². The summed E-state index contributed by atoms with van der Waals surface area (Å²) in [6.07, 6.45) is 34.4. The zero-order chi connectivity index (χ0) is 73.6. The fraction of sp³-hybridized carbons (Fsp3) is 0.859. The quantitative estimate of drug-likeness (QED) is 0.00889. The van der Waals surface area contributed by atoms with Crippen molar-refractivity contribution in [3.8, 4) is 0 Å². The van der Waals surface area contributed by atoms with Gasteiger partial charge < -0.3 is 68.2 Å². The van der Waals surface area contributed by atoms with Crippen LogP contribution in [0, 0.1) is 11.8 Å². The number of phosphoric acid groups is 1. The Morgan fingerprint density at radius 1 is 0.545 bits per heavy atom. The average Bonchev–Trinajstić information content (AvgIpc) is 0.907. The van der Waals surface area contributed by atoms with Crippen molar-refractivity contribution in [3.63, 3.8) is 0 Å². The van der Waals surface area contributed by atoms with Crippen LogP contribution in [-0.4, -0.2) is 163 Å². The number of nitrogens with two attached hydrogens (primary N) is 4. The topological polar surface area (TPSA) is 430 Å². The molecule has 576 valence electrons. The monoisotopic (exact) mass is 1450 g/mol. The van der Waals surface area contributed by atoms with Crippen LogP contribution in [0.25, 0.3) is 0 Å². The second-order valence-corrected chi connectivity index (χ2v) is 28.9. The number of carboxylic acid groups (broad SMARTS) is 2. The van der Waals surface area contributed by atoms with Gasteiger partial charge in [0.2, 0.25) is 17.7 Å². The Hall–Kier alpha value is -4.76. The van der Waals surface area contributed by atoms with Crippen LogP contribution in [0.15, 0.2) is 4.99 Å². The maximum absolute atomic E-state index is 13.9. The second kappa shape index (κ2) is 64.1. The third kappa shape index (κ3) is 58.4. The summed E-state index contributed by atoms with van der Waals surface area (Å²) in [6, 6.07) is -3.42. The van der Waals surface area contributed by atoms with Crippen LogP contribution in [0.3, 0.4) is 0 Å². The van der Waals surface area contributed by atoms with Gasteiger partial charge in [0.1, 0.15) is 6.61 Å². The number of esters is 2. The maximum atomic E-state index is 13.9. The summed E-state index contributed by atoms with van der Waals surface area (Å²) >= 11 is 1.26. The summed E-state index contributed by atoms with van der Waals surface area (Å²) in [5, 5.41) is 26.7. The van der Waals surface area contributed by atoms with Crippen LogP contribution in [0.4, 0.5) is 0 Å². The highest BCUT2D eigenvalue weighted by molar-refractivity contribution is 7.99. The number of phosphoric ester groups is 1. The summed E-state index contributed by atoms with van der Waals surface area (Å²) in [5.74, 6) is -8.54. The van der Waals surface area contributed by atoms with Gasteiger partial charge in [0.15, 0.2) is 23.6 Å². The lowest BCUT2D eigenvalue weighted by Crippen LogP contribution is -2.50. The molecule has 3 amide bonds. The number of hydrogen-bond donors (Lipinski definition) is 10. The van der Waals surface area contributed by atoms with Gasteiger partial charge in [0.05, 0.1) is 50.5 Å². The van der Waals surface area contributed by atoms with E-state index >= 15 is 0 Å². The fourth-order valence-electron chi connectivity index (χ4n) is 11.0. The minimum atomic E-state index is -4.72. The molecule has 0 aliphatic rings. The highest BCUT2D eigenvalue weighted by Crippen LogP contribution is 2.43. The molecule has 26 nitrogen and oxygen atoms in total. The van der Waals surface area contributed by atoms with Gasteiger partial charge in [-0.15, -0.1) is 0 Å². The first kappa shape index (κ1) is 94.2. The molecule has 0 aromatic rings. The number of carboxylic acids is 2. The molecule has 0 aromatic heterocycles. The Morgan fingerprint density at radius 3 is 1.53 bits per heavy atom. The van der Waals surface area contributed by atoms with E-state index in [1.165, 1.54) is 160 Å². The van der Waals surface area contributed by atoms with Gasteiger partial charge in [-0.2, -0.15) is 11.8 Å². The molecular weight excluding hydrogens is 1320 g/mol. The molecule has 0 spiro atoms. The number of hydrogen-bond acceptors (Lipinski definition) is 19. The maximum Gasteiger partial charge on any atom is 0.472 e. The van der Waals surface area contributed by atoms with E-state index in [2.05, 4.69) is 34.8 Å². The zero-order valence-corrected chi connectivity index (χ0v) is 62.5. The van der Waals surface area contributed by atoms with Crippen LogP contribution >= 0.6 is 19.6 Å². The smallest absolute Gasteiger partial charge is 0.472 e. The number of aliphatic carboxylic acids is 2. The molecule has 7 atom stereocenters. The molecule has 0 rings (SSSR count). The Balaban J connectivity index is 5.17. The lowest BCUT2D eigenvalue weighted by molar-refractivity contribution is -0.161. The number of aliphatic imine (C=N–C) groups is 1. The van der Waals surface area contributed by atoms with E-state index < -0.39 is 123 Å². The molecule has 0 fully saturated rings. The predicted molar refractivity (Wildman–Crippen MR) is 388 cm³/mol. The van der Waals surface area contributed by atoms with Crippen molar-refractivity contribution < 1.29 is 86.1 Å². The van der Waals surface area contributed by atoms with Gasteiger partial charge in [0.25, 0.3) is 0 Å². The van der Waals surface area contributed by atoms with Crippen molar-refractivity contribution in [2.45, 2.75) is 315 Å². The van der Waals surface area contributed by atoms with Gasteiger partial charge >= 0.3 is 31.7 Å². The third-order valence-electron chi connectivity index (χ3n) is 17.0. The number of nitrogens with one attached hydrogen (secondary N) is 3. The van der Waals surface area contributed by atoms with Crippen LogP contribution < -0.4 is 38.9 Å². The van der Waals surface area contributed by atoms with Crippen LogP contribution in [0.1, 0.15) is 290 Å². The van der Waals surface area contributed by atoms with Gasteiger partial charge in [-0.25, -0.2) is 4.57 Å². The highest BCUT2D eigenvalue weighted by atomic mass is 32.2. The van der Waals surface area contributed by atoms with E-state index in [0.717, 1.165) is 38.5 Å². The van der Waals surface area contributed by atoms with Crippen LogP contribution in [0.5, 0.6) is 0 Å². The fourth-order valence-corrected chi connectivity index (χ4v) is 12.5. The number of amides is 3. The number of nitrogens with zero attached hydrogens (tertiary/aromatic N) is 1. The van der Waals surface area contributed by atoms with Crippen molar-refractivity contribution in [1.82, 2.24) is 16.0 Å². The molecule has 99 heavy (non-hydrogen) atoms. The molecule has 0 bridgehead atoms. The van der Waals surface area contributed by atoms with E-state index in [1.54, 1.807) is 0 Å². The summed E-state index contributed by atoms with van der Waals surface area (Å²) in [6.45, 7) is 4.90. The molecule has 0 aromatic carbocycles. The lowest BCUT2D eigenvalue weighted by Gasteiger charge is -2.24. The summed E-state index contributed by atoms with van der Waals surface area (Å²) in [5.41, 5.74) is 22.8. The minimum Gasteiger partial charge on any atom is -0.481 e. The van der Waals surface area contributed by atoms with E-state index in [0.29, 0.717) is 38.0 Å². The number of Topliss-reactive ketones (excluding diaryl/α,β-unsaturated/α-hetero) is 2. The normalized spacial score (nSPS) is 13.8. The molecule has 28 heteroatoms. The Bertz CT molecular complexity index is 2250. The Morgan fingerprint density at radius 2 is 1.03 bits per heavy atom. The number of carbonyl (C=O) groups is 9. The van der Waals surface area contributed by atoms with Gasteiger partial charge in [-0.05, 0) is 57.9 Å². The lowest BCUT2D eigenvalue weighted by atomic mass is 9.90. The number of thioether (sulfide) groups is 1. The molecular formula is C71H133N8O18PS. The first-order valence-corrected chi connectivity index (χ1v) is 40.2. The molecule has 0 aliphatic heterocycles. The predicted octanol–water partition coefficient (Wildman–Crippen LogP) is 11.0. The summed E-state index contributed by atoms with van der Waals surface area (Å²) in [4.78, 5) is 130. The first-order chi connectivity index (χ1) is 47.5. The third-order valence-corrected chi connectivity index (χ3v) is 19.1. The molecule has 7 unspecified atom stereocenters. The minimum absolute atomic E-state index is 0.00922. The SMILES string of the molecule is CCCCCCCCCCCCCCCCCC(=O)OCC(COP(=O)(O)OCCNC(=O)CCOCCSCC(N)C(=O)NC(CCCN=C(N)N)C(=O)CC(CCC(=O)O)C(=O)NC(CCCCN)C(=O)CC(C)C(=O)O)OC(=O)CCCCCCCCCCCCCCCCC. The number of unbranched alkanes of at least 4 members (excludes halogenated alkanes) is 29. The number of rotatable bonds is 72. The highest BCUT2D eigenvalue weighted by Gasteiger charge is 2.33. The van der Waals surface area contributed by atoms with Crippen LogP contribution in [-0.2, 0) is 71.0 Å². The number of ketones is 2. The van der Waals surface area contributed by atoms with Crippen molar-refractivity contribution in [2.75, 3.05) is 64.2 Å². The molecule has 0 heterocycles. The number of guanidine groups is 1. The van der Waals surface area contributed by atoms with E-state index in [4.69, 9.17) is 46.2 Å². The molecule has 0 saturated heterocycles. The van der Waals surface area contributed by atoms with Crippen LogP contribution in [0.2, 0.25) is 0 Å². The Labute approximate surface area is 596 Å². The largest absolute Gasteiger partial charge is 0.481 e. The van der Waals surface area contributed by atoms with Crippen molar-refractivity contribution in [1.29, 1.82) is 0 Å². The van der Waals surface area contributed by atoms with Gasteiger partial charge in [-0.3, -0.25) is 57.2 Å². The number of carbonyl (C=O) groups excluding carboxylic acids is 7. The molecule has 14 N–H and O–H groups in total. The Kier molecular flexibility index (Phi) is 61.0. The first-order valence-electron chi connectivity index (χ1n) is 37.6. The second-order valence-electron chi connectivity index (χ2n) is 26.3. The average molecular weight is 1450 g/mol. The van der Waals surface area contributed by atoms with E-state index in [9.17, 15) is 62.8 Å². The zero-order valence-electron chi connectivity index (χ0n) is 60.8. The van der Waals surface area contributed by atoms with Crippen molar-refractivity contribution in [2.24, 2.45) is 39.8 Å². The molecule has 0 aliphatic carbocycles. The summed E-state index contributed by atoms with van der Waals surface area (Å²) < 4.78 is 39.9. The summed E-state index contributed by atoms with van der Waals surface area (Å²) in [7, 11) is -4.72. The number of ether oxygens (including phenoxy) is 3. The molecule has 0 saturated carbocycles. The van der Waals surface area contributed by atoms with Crippen molar-refractivity contribution in [3.05, 3.63) is 0 Å². The van der Waals surface area contributed by atoms with E-state index in [-0.39, 0.29) is 96.0 Å². The molecule has 0 radical (unpaired) electrons.